The lowest BCUT2D eigenvalue weighted by molar-refractivity contribution is 0.235. The molecule has 2 heteroatoms. The van der Waals surface area contributed by atoms with E-state index in [4.69, 9.17) is 5.73 Å². The lowest BCUT2D eigenvalue weighted by atomic mass is 9.79. The van der Waals surface area contributed by atoms with Gasteiger partial charge in [0.25, 0.3) is 0 Å². The van der Waals surface area contributed by atoms with Crippen molar-refractivity contribution in [3.8, 4) is 0 Å². The molecule has 3 N–H and O–H groups in total. The zero-order valence-corrected chi connectivity index (χ0v) is 10.3. The van der Waals surface area contributed by atoms with Crippen LogP contribution < -0.4 is 11.1 Å². The summed E-state index contributed by atoms with van der Waals surface area (Å²) in [5, 5.41) is 3.53. The molecule has 0 aromatic carbocycles. The third-order valence-corrected chi connectivity index (χ3v) is 3.55. The maximum atomic E-state index is 5.83. The van der Waals surface area contributed by atoms with Crippen LogP contribution in [0.15, 0.2) is 12.2 Å². The van der Waals surface area contributed by atoms with Crippen molar-refractivity contribution in [3.63, 3.8) is 0 Å². The van der Waals surface area contributed by atoms with Gasteiger partial charge in [-0.05, 0) is 31.6 Å². The Morgan fingerprint density at radius 3 is 2.47 bits per heavy atom. The average molecular weight is 210 g/mol. The summed E-state index contributed by atoms with van der Waals surface area (Å²) in [4.78, 5) is 0. The first kappa shape index (κ1) is 12.7. The minimum atomic E-state index is 0.495. The van der Waals surface area contributed by atoms with E-state index in [2.05, 4.69) is 25.7 Å². The van der Waals surface area contributed by atoms with Crippen molar-refractivity contribution in [3.05, 3.63) is 12.2 Å². The third-order valence-electron chi connectivity index (χ3n) is 3.55. The molecule has 88 valence electrons. The lowest BCUT2D eigenvalue weighted by Crippen LogP contribution is -2.44. The van der Waals surface area contributed by atoms with E-state index in [-0.39, 0.29) is 0 Å². The highest BCUT2D eigenvalue weighted by Gasteiger charge is 2.24. The van der Waals surface area contributed by atoms with Gasteiger partial charge in [0.05, 0.1) is 0 Å². The molecule has 1 fully saturated rings. The predicted molar refractivity (Wildman–Crippen MR) is 66.8 cm³/mol. The Morgan fingerprint density at radius 1 is 1.40 bits per heavy atom. The SMILES string of the molecule is C=C(C)CNC(CN)C1CCC(C)CC1. The summed E-state index contributed by atoms with van der Waals surface area (Å²) < 4.78 is 0. The van der Waals surface area contributed by atoms with Crippen LogP contribution in [0.3, 0.4) is 0 Å². The Labute approximate surface area is 94.3 Å². The van der Waals surface area contributed by atoms with Gasteiger partial charge in [-0.15, -0.1) is 0 Å². The molecular formula is C13H26N2. The molecule has 0 radical (unpaired) electrons. The van der Waals surface area contributed by atoms with E-state index in [9.17, 15) is 0 Å². The van der Waals surface area contributed by atoms with E-state index in [1.165, 1.54) is 31.3 Å². The molecule has 15 heavy (non-hydrogen) atoms. The van der Waals surface area contributed by atoms with E-state index in [0.29, 0.717) is 6.04 Å². The number of rotatable bonds is 5. The third kappa shape index (κ3) is 4.35. The predicted octanol–water partition coefficient (Wildman–Crippen LogP) is 2.31. The van der Waals surface area contributed by atoms with Gasteiger partial charge in [-0.1, -0.05) is 31.9 Å². The fourth-order valence-corrected chi connectivity index (χ4v) is 2.44. The molecule has 1 aliphatic carbocycles. The highest BCUT2D eigenvalue weighted by molar-refractivity contribution is 4.93. The molecule has 1 aliphatic rings. The minimum absolute atomic E-state index is 0.495. The molecule has 1 atom stereocenters. The summed E-state index contributed by atoms with van der Waals surface area (Å²) >= 11 is 0. The number of hydrogen-bond donors (Lipinski definition) is 2. The summed E-state index contributed by atoms with van der Waals surface area (Å²) in [6.07, 6.45) is 5.42. The largest absolute Gasteiger partial charge is 0.329 e. The smallest absolute Gasteiger partial charge is 0.0221 e. The van der Waals surface area contributed by atoms with Crippen LogP contribution in [-0.4, -0.2) is 19.1 Å². The van der Waals surface area contributed by atoms with Gasteiger partial charge in [-0.3, -0.25) is 0 Å². The second-order valence-corrected chi connectivity index (χ2v) is 5.20. The number of nitrogens with two attached hydrogens (primary N) is 1. The lowest BCUT2D eigenvalue weighted by Gasteiger charge is -2.32. The van der Waals surface area contributed by atoms with Crippen LogP contribution in [0.1, 0.15) is 39.5 Å². The molecule has 0 spiro atoms. The Kier molecular flexibility index (Phi) is 5.34. The summed E-state index contributed by atoms with van der Waals surface area (Å²) in [6.45, 7) is 10.00. The summed E-state index contributed by atoms with van der Waals surface area (Å²) in [7, 11) is 0. The summed E-state index contributed by atoms with van der Waals surface area (Å²) in [5.41, 5.74) is 7.02. The standard InChI is InChI=1S/C13H26N2/c1-10(2)9-15-13(8-14)12-6-4-11(3)5-7-12/h11-13,15H,1,4-9,14H2,2-3H3. The Balaban J connectivity index is 2.34. The van der Waals surface area contributed by atoms with E-state index < -0.39 is 0 Å². The van der Waals surface area contributed by atoms with Crippen LogP contribution >= 0.6 is 0 Å². The van der Waals surface area contributed by atoms with Crippen molar-refractivity contribution in [2.75, 3.05) is 13.1 Å². The van der Waals surface area contributed by atoms with Crippen molar-refractivity contribution >= 4 is 0 Å². The topological polar surface area (TPSA) is 38.0 Å². The average Bonchev–Trinajstić information content (AvgIpc) is 2.21. The molecular weight excluding hydrogens is 184 g/mol. The molecule has 2 nitrogen and oxygen atoms in total. The Hall–Kier alpha value is -0.340. The first-order valence-corrected chi connectivity index (χ1v) is 6.21. The fraction of sp³-hybridized carbons (Fsp3) is 0.846. The molecule has 0 aliphatic heterocycles. The van der Waals surface area contributed by atoms with Crippen LogP contribution in [0.5, 0.6) is 0 Å². The van der Waals surface area contributed by atoms with Crippen molar-refractivity contribution in [1.82, 2.24) is 5.32 Å². The monoisotopic (exact) mass is 210 g/mol. The number of hydrogen-bond acceptors (Lipinski definition) is 2. The maximum absolute atomic E-state index is 5.83. The maximum Gasteiger partial charge on any atom is 0.0221 e. The van der Waals surface area contributed by atoms with E-state index >= 15 is 0 Å². The normalized spacial score (nSPS) is 28.7. The highest BCUT2D eigenvalue weighted by atomic mass is 14.9. The molecule has 0 bridgehead atoms. The van der Waals surface area contributed by atoms with Crippen LogP contribution in [0.2, 0.25) is 0 Å². The van der Waals surface area contributed by atoms with Gasteiger partial charge >= 0.3 is 0 Å². The van der Waals surface area contributed by atoms with Crippen LogP contribution in [0, 0.1) is 11.8 Å². The summed E-state index contributed by atoms with van der Waals surface area (Å²) in [6, 6.07) is 0.495. The molecule has 0 heterocycles. The van der Waals surface area contributed by atoms with Gasteiger partial charge < -0.3 is 11.1 Å². The molecule has 0 aromatic rings. The Morgan fingerprint density at radius 2 is 2.00 bits per heavy atom. The molecule has 1 saturated carbocycles. The minimum Gasteiger partial charge on any atom is -0.329 e. The van der Waals surface area contributed by atoms with Crippen molar-refractivity contribution in [2.45, 2.75) is 45.6 Å². The molecule has 1 unspecified atom stereocenters. The van der Waals surface area contributed by atoms with Gasteiger partial charge in [0.1, 0.15) is 0 Å². The van der Waals surface area contributed by atoms with Gasteiger partial charge in [0, 0.05) is 19.1 Å². The molecule has 0 amide bonds. The van der Waals surface area contributed by atoms with Crippen molar-refractivity contribution < 1.29 is 0 Å². The van der Waals surface area contributed by atoms with Crippen LogP contribution in [0.25, 0.3) is 0 Å². The van der Waals surface area contributed by atoms with Crippen molar-refractivity contribution in [1.29, 1.82) is 0 Å². The van der Waals surface area contributed by atoms with Crippen LogP contribution in [0.4, 0.5) is 0 Å². The second kappa shape index (κ2) is 6.29. The number of nitrogens with one attached hydrogen (secondary N) is 1. The second-order valence-electron chi connectivity index (χ2n) is 5.20. The Bertz CT molecular complexity index is 193. The molecule has 0 saturated heterocycles. The quantitative estimate of drug-likeness (QED) is 0.683. The fourth-order valence-electron chi connectivity index (χ4n) is 2.44. The van der Waals surface area contributed by atoms with Gasteiger partial charge in [-0.25, -0.2) is 0 Å². The first-order chi connectivity index (χ1) is 7.13. The highest BCUT2D eigenvalue weighted by Crippen LogP contribution is 2.30. The first-order valence-electron chi connectivity index (χ1n) is 6.21. The van der Waals surface area contributed by atoms with Gasteiger partial charge in [-0.2, -0.15) is 0 Å². The zero-order chi connectivity index (χ0) is 11.3. The van der Waals surface area contributed by atoms with Gasteiger partial charge in [0.15, 0.2) is 0 Å². The van der Waals surface area contributed by atoms with E-state index in [1.807, 2.05) is 0 Å². The molecule has 0 aromatic heterocycles. The van der Waals surface area contributed by atoms with Crippen molar-refractivity contribution in [2.24, 2.45) is 17.6 Å². The zero-order valence-electron chi connectivity index (χ0n) is 10.3. The summed E-state index contributed by atoms with van der Waals surface area (Å²) in [5.74, 6) is 1.70. The molecule has 1 rings (SSSR count). The van der Waals surface area contributed by atoms with E-state index in [1.54, 1.807) is 0 Å². The van der Waals surface area contributed by atoms with Crippen LogP contribution in [-0.2, 0) is 0 Å². The van der Waals surface area contributed by atoms with E-state index in [0.717, 1.165) is 24.9 Å². The van der Waals surface area contributed by atoms with Gasteiger partial charge in [0.2, 0.25) is 0 Å².